The average Bonchev–Trinajstić information content (AvgIpc) is 2.38. The van der Waals surface area contributed by atoms with Crippen LogP contribution in [-0.4, -0.2) is 50.5 Å². The van der Waals surface area contributed by atoms with E-state index in [1.54, 1.807) is 7.11 Å². The summed E-state index contributed by atoms with van der Waals surface area (Å²) in [5.74, 6) is 0.0333. The maximum absolute atomic E-state index is 12.1. The molecule has 1 aliphatic carbocycles. The Hall–Kier alpha value is -0.650. The third kappa shape index (κ3) is 2.15. The van der Waals surface area contributed by atoms with E-state index in [0.29, 0.717) is 13.2 Å². The van der Waals surface area contributed by atoms with E-state index < -0.39 is 0 Å². The van der Waals surface area contributed by atoms with E-state index in [2.05, 4.69) is 31.4 Å². The van der Waals surface area contributed by atoms with Gasteiger partial charge in [-0.2, -0.15) is 0 Å². The van der Waals surface area contributed by atoms with Gasteiger partial charge < -0.3 is 20.1 Å². The smallest absolute Gasteiger partial charge is 0.239 e. The van der Waals surface area contributed by atoms with Gasteiger partial charge in [0.25, 0.3) is 0 Å². The van der Waals surface area contributed by atoms with Crippen molar-refractivity contribution in [2.45, 2.75) is 44.9 Å². The molecule has 2 N–H and O–H groups in total. The number of rotatable bonds is 3. The number of hydrogen-bond acceptors (Lipinski definition) is 4. The lowest BCUT2D eigenvalue weighted by molar-refractivity contribution is -0.183. The summed E-state index contributed by atoms with van der Waals surface area (Å²) in [5.41, 5.74) is -0.200. The van der Waals surface area contributed by atoms with E-state index in [1.807, 2.05) is 0 Å². The highest BCUT2D eigenvalue weighted by Gasteiger charge is 2.58. The summed E-state index contributed by atoms with van der Waals surface area (Å²) in [5, 5.41) is 6.27. The quantitative estimate of drug-likeness (QED) is 0.762. The molecule has 0 aromatic heterocycles. The first kappa shape index (κ1) is 13.8. The average molecular weight is 256 g/mol. The Balaban J connectivity index is 1.89. The Labute approximate surface area is 109 Å². The number of hydrogen-bond donors (Lipinski definition) is 2. The molecule has 3 unspecified atom stereocenters. The fraction of sp³-hybridized carbons (Fsp3) is 0.923. The molecule has 1 saturated carbocycles. The highest BCUT2D eigenvalue weighted by molar-refractivity contribution is 5.82. The summed E-state index contributed by atoms with van der Waals surface area (Å²) >= 11 is 0. The molecule has 0 bridgehead atoms. The minimum absolute atomic E-state index is 0.0333. The Morgan fingerprint density at radius 3 is 2.67 bits per heavy atom. The molecule has 1 saturated heterocycles. The summed E-state index contributed by atoms with van der Waals surface area (Å²) in [6.07, 6.45) is 0.857. The van der Waals surface area contributed by atoms with E-state index in [9.17, 15) is 4.79 Å². The number of nitrogens with one attached hydrogen (secondary N) is 2. The topological polar surface area (TPSA) is 59.6 Å². The maximum Gasteiger partial charge on any atom is 0.239 e. The Kier molecular flexibility index (Phi) is 3.67. The molecule has 5 nitrogen and oxygen atoms in total. The molecule has 1 heterocycles. The number of ether oxygens (including phenoxy) is 2. The lowest BCUT2D eigenvalue weighted by Gasteiger charge is -2.59. The normalized spacial score (nSPS) is 38.9. The first-order valence-corrected chi connectivity index (χ1v) is 6.57. The molecule has 3 atom stereocenters. The number of amides is 1. The predicted octanol–water partition coefficient (Wildman–Crippen LogP) is 0.295. The molecule has 5 heteroatoms. The molecule has 18 heavy (non-hydrogen) atoms. The van der Waals surface area contributed by atoms with Crippen LogP contribution >= 0.6 is 0 Å². The van der Waals surface area contributed by atoms with Crippen LogP contribution < -0.4 is 10.6 Å². The summed E-state index contributed by atoms with van der Waals surface area (Å²) < 4.78 is 10.9. The number of carbonyl (C=O) groups excluding carboxylic acids is 1. The minimum atomic E-state index is -0.219. The van der Waals surface area contributed by atoms with Crippen LogP contribution in [0.15, 0.2) is 0 Å². The highest BCUT2D eigenvalue weighted by atomic mass is 16.5. The lowest BCUT2D eigenvalue weighted by atomic mass is 9.56. The van der Waals surface area contributed by atoms with Crippen molar-refractivity contribution in [3.63, 3.8) is 0 Å². The van der Waals surface area contributed by atoms with Gasteiger partial charge in [0.05, 0.1) is 18.8 Å². The van der Waals surface area contributed by atoms with Crippen LogP contribution in [0.5, 0.6) is 0 Å². The second-order valence-corrected chi connectivity index (χ2v) is 6.00. The minimum Gasteiger partial charge on any atom is -0.378 e. The van der Waals surface area contributed by atoms with Crippen molar-refractivity contribution >= 4 is 5.91 Å². The van der Waals surface area contributed by atoms with E-state index in [-0.39, 0.29) is 29.0 Å². The Bertz CT molecular complexity index is 326. The largest absolute Gasteiger partial charge is 0.378 e. The first-order valence-electron chi connectivity index (χ1n) is 6.57. The van der Waals surface area contributed by atoms with Gasteiger partial charge >= 0.3 is 0 Å². The first-order chi connectivity index (χ1) is 8.40. The van der Waals surface area contributed by atoms with E-state index in [4.69, 9.17) is 9.47 Å². The molecular weight excluding hydrogens is 232 g/mol. The van der Waals surface area contributed by atoms with E-state index >= 15 is 0 Å². The van der Waals surface area contributed by atoms with Crippen molar-refractivity contribution < 1.29 is 14.3 Å². The monoisotopic (exact) mass is 256 g/mol. The van der Waals surface area contributed by atoms with Gasteiger partial charge in [-0.1, -0.05) is 13.8 Å². The van der Waals surface area contributed by atoms with E-state index in [1.165, 1.54) is 0 Å². The molecule has 0 radical (unpaired) electrons. The molecule has 2 rings (SSSR count). The molecular formula is C13H24N2O3. The van der Waals surface area contributed by atoms with Crippen molar-refractivity contribution in [2.75, 3.05) is 26.9 Å². The van der Waals surface area contributed by atoms with Gasteiger partial charge in [0.2, 0.25) is 5.91 Å². The van der Waals surface area contributed by atoms with Gasteiger partial charge in [-0.25, -0.2) is 0 Å². The van der Waals surface area contributed by atoms with Crippen molar-refractivity contribution in [3.8, 4) is 0 Å². The van der Waals surface area contributed by atoms with Gasteiger partial charge in [-0.05, 0) is 13.3 Å². The summed E-state index contributed by atoms with van der Waals surface area (Å²) in [6.45, 7) is 8.24. The van der Waals surface area contributed by atoms with E-state index in [0.717, 1.165) is 13.0 Å². The van der Waals surface area contributed by atoms with Gasteiger partial charge in [-0.3, -0.25) is 4.79 Å². The SMILES string of the molecule is COC1(C)CC(NC(=O)C2COCCN2)C1(C)C. The standard InChI is InChI=1S/C13H24N2O3/c1-12(2)10(7-13(12,3)17-4)15-11(16)9-8-18-6-5-14-9/h9-10,14H,5-8H2,1-4H3,(H,15,16). The summed E-state index contributed by atoms with van der Waals surface area (Å²) in [6, 6.07) is -0.0531. The van der Waals surface area contributed by atoms with Crippen LogP contribution in [0.4, 0.5) is 0 Å². The zero-order chi connectivity index (χ0) is 13.4. The van der Waals surface area contributed by atoms with Crippen LogP contribution in [0, 0.1) is 5.41 Å². The number of morpholine rings is 1. The van der Waals surface area contributed by atoms with Gasteiger partial charge in [-0.15, -0.1) is 0 Å². The van der Waals surface area contributed by atoms with Crippen LogP contribution in [0.2, 0.25) is 0 Å². The Morgan fingerprint density at radius 1 is 1.44 bits per heavy atom. The molecule has 1 amide bonds. The fourth-order valence-corrected chi connectivity index (χ4v) is 2.73. The Morgan fingerprint density at radius 2 is 2.17 bits per heavy atom. The molecule has 0 spiro atoms. The lowest BCUT2D eigenvalue weighted by Crippen LogP contribution is -2.70. The van der Waals surface area contributed by atoms with Crippen molar-refractivity contribution in [2.24, 2.45) is 5.41 Å². The number of carbonyl (C=O) groups is 1. The van der Waals surface area contributed by atoms with Crippen molar-refractivity contribution in [1.29, 1.82) is 0 Å². The highest BCUT2D eigenvalue weighted by Crippen LogP contribution is 2.51. The third-order valence-corrected chi connectivity index (χ3v) is 4.83. The number of methoxy groups -OCH3 is 1. The predicted molar refractivity (Wildman–Crippen MR) is 68.4 cm³/mol. The van der Waals surface area contributed by atoms with Crippen LogP contribution in [-0.2, 0) is 14.3 Å². The second-order valence-electron chi connectivity index (χ2n) is 6.00. The van der Waals surface area contributed by atoms with Crippen LogP contribution in [0.25, 0.3) is 0 Å². The van der Waals surface area contributed by atoms with Crippen molar-refractivity contribution in [1.82, 2.24) is 10.6 Å². The third-order valence-electron chi connectivity index (χ3n) is 4.83. The van der Waals surface area contributed by atoms with Gasteiger partial charge in [0.1, 0.15) is 6.04 Å². The molecule has 1 aliphatic heterocycles. The van der Waals surface area contributed by atoms with Crippen LogP contribution in [0.3, 0.4) is 0 Å². The molecule has 0 aromatic carbocycles. The second kappa shape index (κ2) is 4.79. The summed E-state index contributed by atoms with van der Waals surface area (Å²) in [7, 11) is 1.73. The molecule has 104 valence electrons. The van der Waals surface area contributed by atoms with Gasteiger partial charge in [0.15, 0.2) is 0 Å². The van der Waals surface area contributed by atoms with Gasteiger partial charge in [0, 0.05) is 25.1 Å². The maximum atomic E-state index is 12.1. The molecule has 2 aliphatic rings. The fourth-order valence-electron chi connectivity index (χ4n) is 2.73. The zero-order valence-corrected chi connectivity index (χ0v) is 11.7. The summed E-state index contributed by atoms with van der Waals surface area (Å²) in [4.78, 5) is 12.1. The molecule has 2 fully saturated rings. The van der Waals surface area contributed by atoms with Crippen molar-refractivity contribution in [3.05, 3.63) is 0 Å². The zero-order valence-electron chi connectivity index (χ0n) is 11.7. The van der Waals surface area contributed by atoms with Crippen LogP contribution in [0.1, 0.15) is 27.2 Å². The molecule has 0 aromatic rings.